The van der Waals surface area contributed by atoms with E-state index in [1.807, 2.05) is 48.7 Å². The third kappa shape index (κ3) is 6.63. The Kier molecular flexibility index (Phi) is 9.53. The van der Waals surface area contributed by atoms with E-state index >= 15 is 0 Å². The molecule has 0 spiro atoms. The first-order valence-electron chi connectivity index (χ1n) is 15.5. The van der Waals surface area contributed by atoms with Crippen molar-refractivity contribution in [2.45, 2.75) is 57.8 Å². The molecule has 2 heterocycles. The smallest absolute Gasteiger partial charge is 0.180 e. The first-order valence-corrected chi connectivity index (χ1v) is 15.5. The molecule has 4 aromatic carbocycles. The first kappa shape index (κ1) is 30.9. The van der Waals surface area contributed by atoms with Crippen molar-refractivity contribution in [2.75, 3.05) is 0 Å². The van der Waals surface area contributed by atoms with Crippen molar-refractivity contribution in [1.82, 2.24) is 25.4 Å². The molecular formula is C39H35IrN5-2. The summed E-state index contributed by atoms with van der Waals surface area (Å²) in [7, 11) is 0. The van der Waals surface area contributed by atoms with Crippen LogP contribution in [0.3, 0.4) is 0 Å². The van der Waals surface area contributed by atoms with E-state index in [-0.39, 0.29) is 31.9 Å². The number of hydrogen-bond acceptors (Lipinski definition) is 5. The van der Waals surface area contributed by atoms with E-state index in [9.17, 15) is 0 Å². The van der Waals surface area contributed by atoms with Gasteiger partial charge in [0, 0.05) is 32.2 Å². The van der Waals surface area contributed by atoms with E-state index < -0.39 is 0 Å². The summed E-state index contributed by atoms with van der Waals surface area (Å²) in [4.78, 5) is 4.45. The van der Waals surface area contributed by atoms with Crippen molar-refractivity contribution in [3.63, 3.8) is 0 Å². The summed E-state index contributed by atoms with van der Waals surface area (Å²) >= 11 is 0. The fourth-order valence-corrected chi connectivity index (χ4v) is 6.63. The first-order chi connectivity index (χ1) is 21.6. The van der Waals surface area contributed by atoms with Gasteiger partial charge in [0.25, 0.3) is 0 Å². The van der Waals surface area contributed by atoms with Gasteiger partial charge in [-0.25, -0.2) is 0 Å². The number of nitrogens with zero attached hydrogens (tertiary/aromatic N) is 5. The van der Waals surface area contributed by atoms with Gasteiger partial charge in [0.15, 0.2) is 11.6 Å². The molecule has 45 heavy (non-hydrogen) atoms. The van der Waals surface area contributed by atoms with Crippen molar-refractivity contribution < 1.29 is 20.1 Å². The van der Waals surface area contributed by atoms with Crippen LogP contribution in [-0.4, -0.2) is 25.4 Å². The van der Waals surface area contributed by atoms with Gasteiger partial charge >= 0.3 is 0 Å². The van der Waals surface area contributed by atoms with Crippen LogP contribution in [0.2, 0.25) is 0 Å². The number of benzene rings is 4. The molecule has 227 valence electrons. The Bertz CT molecular complexity index is 1820. The summed E-state index contributed by atoms with van der Waals surface area (Å²) in [6.45, 7) is 4.30. The van der Waals surface area contributed by atoms with Gasteiger partial charge in [-0.1, -0.05) is 89.7 Å². The zero-order valence-corrected chi connectivity index (χ0v) is 28.0. The molecule has 6 heteroatoms. The van der Waals surface area contributed by atoms with Gasteiger partial charge in [0.05, 0.1) is 0 Å². The van der Waals surface area contributed by atoms with Crippen LogP contribution in [0.5, 0.6) is 0 Å². The Balaban J connectivity index is 0.000000179. The molecule has 2 unspecified atom stereocenters. The fourth-order valence-electron chi connectivity index (χ4n) is 6.63. The summed E-state index contributed by atoms with van der Waals surface area (Å²) < 4.78 is 0. The van der Waals surface area contributed by atoms with Crippen LogP contribution in [0.25, 0.3) is 22.0 Å². The van der Waals surface area contributed by atoms with Crippen LogP contribution in [0, 0.1) is 26.3 Å². The topological polar surface area (TPSA) is 64.5 Å². The minimum absolute atomic E-state index is 0. The van der Waals surface area contributed by atoms with Crippen LogP contribution >= 0.6 is 0 Å². The molecular weight excluding hydrogens is 731 g/mol. The Morgan fingerprint density at radius 1 is 0.733 bits per heavy atom. The minimum atomic E-state index is 0. The van der Waals surface area contributed by atoms with Gasteiger partial charge in [0.1, 0.15) is 0 Å². The molecule has 2 aliphatic rings. The number of rotatable bonds is 3. The molecule has 0 fully saturated rings. The number of pyridine rings is 1. The molecule has 1 radical (unpaired) electrons. The third-order valence-electron chi connectivity index (χ3n) is 8.80. The number of fused-ring (bicyclic) bond motifs is 3. The van der Waals surface area contributed by atoms with E-state index in [4.69, 9.17) is 0 Å². The molecule has 0 saturated carbocycles. The summed E-state index contributed by atoms with van der Waals surface area (Å²) in [5.74, 6) is 1.78. The summed E-state index contributed by atoms with van der Waals surface area (Å²) in [5.41, 5.74) is 10.1. The van der Waals surface area contributed by atoms with E-state index in [1.165, 1.54) is 44.2 Å². The van der Waals surface area contributed by atoms with E-state index in [2.05, 4.69) is 100 Å². The fraction of sp³-hybridized carbons (Fsp3) is 0.231. The zero-order chi connectivity index (χ0) is 29.9. The monoisotopic (exact) mass is 766 g/mol. The molecule has 0 N–H and O–H groups in total. The second-order valence-electron chi connectivity index (χ2n) is 11.9. The number of aryl methyl sites for hydroxylation is 4. The SMILES string of the molecule is Cc1ccc2c(c1)CC[CH-]C2c1nnc(C2CCCc3cc(C)ccc32)nn1.[Ir].[c-]1ccccc1-c1nccc2ccccc12. The summed E-state index contributed by atoms with van der Waals surface area (Å²) in [6, 6.07) is 34.8. The molecule has 5 nitrogen and oxygen atoms in total. The van der Waals surface area contributed by atoms with Crippen LogP contribution in [0.15, 0.2) is 97.2 Å². The van der Waals surface area contributed by atoms with Gasteiger partial charge in [-0.3, -0.25) is 0 Å². The van der Waals surface area contributed by atoms with Crippen molar-refractivity contribution in [3.05, 3.63) is 155 Å². The average Bonchev–Trinajstić information content (AvgIpc) is 3.08. The number of aromatic nitrogens is 5. The Hall–Kier alpha value is -4.12. The molecule has 2 aromatic heterocycles. The number of hydrogen-bond donors (Lipinski definition) is 0. The van der Waals surface area contributed by atoms with Gasteiger partial charge in [-0.2, -0.15) is 6.42 Å². The molecule has 0 bridgehead atoms. The predicted octanol–water partition coefficient (Wildman–Crippen LogP) is 8.33. The maximum Gasteiger partial charge on any atom is 0.180 e. The molecule has 6 aromatic rings. The summed E-state index contributed by atoms with van der Waals surface area (Å²) in [5, 5.41) is 20.5. The van der Waals surface area contributed by atoms with E-state index in [1.54, 1.807) is 0 Å². The van der Waals surface area contributed by atoms with Crippen molar-refractivity contribution in [1.29, 1.82) is 0 Å². The maximum atomic E-state index is 4.55. The standard InChI is InChI=1S/C24H25N4.C15H10N.Ir/c1-15-9-11-19-17(13-15)5-3-7-21(19)23-25-27-24(28-26-23)22-8-4-6-18-14-16(2)10-12-20(18)22;1-2-7-13(8-3-1)15-14-9-5-4-6-12(14)10-11-16-15;/h7,9-14,21-22H,3-6,8H2,1-2H3;1-7,9-11H;/q2*-1;. The Morgan fingerprint density at radius 3 is 2.22 bits per heavy atom. The second-order valence-corrected chi connectivity index (χ2v) is 11.9. The Labute approximate surface area is 278 Å². The van der Waals surface area contributed by atoms with Crippen LogP contribution in [0.4, 0.5) is 0 Å². The van der Waals surface area contributed by atoms with Gasteiger partial charge in [-0.15, -0.1) is 56.3 Å². The average molecular weight is 766 g/mol. The third-order valence-corrected chi connectivity index (χ3v) is 8.80. The summed E-state index contributed by atoms with van der Waals surface area (Å²) in [6.07, 6.45) is 9.64. The van der Waals surface area contributed by atoms with Gasteiger partial charge < -0.3 is 11.4 Å². The van der Waals surface area contributed by atoms with Gasteiger partial charge in [0.2, 0.25) is 0 Å². The maximum absolute atomic E-state index is 4.55. The van der Waals surface area contributed by atoms with E-state index in [0.717, 1.165) is 49.2 Å². The molecule has 0 amide bonds. The van der Waals surface area contributed by atoms with E-state index in [0.29, 0.717) is 5.82 Å². The van der Waals surface area contributed by atoms with Crippen molar-refractivity contribution in [3.8, 4) is 11.3 Å². The quantitative estimate of drug-likeness (QED) is 0.170. The molecule has 8 rings (SSSR count). The van der Waals surface area contributed by atoms with Crippen LogP contribution in [0.1, 0.15) is 76.1 Å². The molecule has 2 aliphatic carbocycles. The largest absolute Gasteiger partial charge is 0.313 e. The molecule has 0 saturated heterocycles. The van der Waals surface area contributed by atoms with Gasteiger partial charge in [-0.05, 0) is 72.3 Å². The van der Waals surface area contributed by atoms with Crippen molar-refractivity contribution in [2.24, 2.45) is 0 Å². The Morgan fingerprint density at radius 2 is 1.44 bits per heavy atom. The normalized spacial score (nSPS) is 16.8. The van der Waals surface area contributed by atoms with Crippen LogP contribution in [-0.2, 0) is 32.9 Å². The van der Waals surface area contributed by atoms with Crippen LogP contribution < -0.4 is 0 Å². The second kappa shape index (κ2) is 13.9. The molecule has 2 atom stereocenters. The van der Waals surface area contributed by atoms with Crippen molar-refractivity contribution >= 4 is 10.8 Å². The predicted molar refractivity (Wildman–Crippen MR) is 175 cm³/mol. The molecule has 0 aliphatic heterocycles. The zero-order valence-electron chi connectivity index (χ0n) is 25.6. The minimum Gasteiger partial charge on any atom is -0.313 e.